The zero-order chi connectivity index (χ0) is 13.6. The van der Waals surface area contributed by atoms with E-state index in [1.807, 2.05) is 0 Å². The van der Waals surface area contributed by atoms with Crippen LogP contribution < -0.4 is 10.6 Å². The summed E-state index contributed by atoms with van der Waals surface area (Å²) in [5, 5.41) is 5.24. The Balaban J connectivity index is 2.51. The van der Waals surface area contributed by atoms with Crippen LogP contribution in [0.3, 0.4) is 0 Å². The number of halogens is 3. The Hall–Kier alpha value is -1.72. The van der Waals surface area contributed by atoms with Gasteiger partial charge in [0.25, 0.3) is 0 Å². The molecule has 6 heteroatoms. The molecule has 2 N–H and O–H groups in total. The molecule has 2 rings (SSSR count). The Bertz CT molecular complexity index is 495. The van der Waals surface area contributed by atoms with Crippen molar-refractivity contribution < 1.29 is 18.0 Å². The van der Waals surface area contributed by atoms with E-state index in [2.05, 4.69) is 10.6 Å². The third-order valence-electron chi connectivity index (χ3n) is 2.94. The monoisotopic (exact) mass is 258 g/mol. The van der Waals surface area contributed by atoms with E-state index in [-0.39, 0.29) is 23.8 Å². The molecular weight excluding hydrogens is 245 g/mol. The third kappa shape index (κ3) is 2.14. The highest BCUT2D eigenvalue weighted by Gasteiger charge is 2.38. The summed E-state index contributed by atoms with van der Waals surface area (Å²) in [6, 6.07) is 3.73. The Morgan fingerprint density at radius 2 is 1.94 bits per heavy atom. The summed E-state index contributed by atoms with van der Waals surface area (Å²) in [5.41, 5.74) is -1.43. The molecule has 3 nitrogen and oxygen atoms in total. The molecule has 1 aromatic rings. The number of amides is 1. The van der Waals surface area contributed by atoms with Crippen molar-refractivity contribution in [1.29, 1.82) is 0 Å². The lowest BCUT2D eigenvalue weighted by Gasteiger charge is -2.20. The van der Waals surface area contributed by atoms with Crippen molar-refractivity contribution in [2.45, 2.75) is 20.0 Å². The number of para-hydroxylation sites is 1. The smallest absolute Gasteiger partial charge is 0.382 e. The lowest BCUT2D eigenvalue weighted by molar-refractivity contribution is -0.137. The van der Waals surface area contributed by atoms with E-state index in [1.165, 1.54) is 12.1 Å². The molecule has 0 aromatic heterocycles. The van der Waals surface area contributed by atoms with E-state index < -0.39 is 17.2 Å². The number of anilines is 2. The number of carbonyl (C=O) groups excluding carboxylic acids is 1. The quantitative estimate of drug-likeness (QED) is 0.750. The summed E-state index contributed by atoms with van der Waals surface area (Å²) in [7, 11) is 0. The van der Waals surface area contributed by atoms with Crippen molar-refractivity contribution in [2.24, 2.45) is 5.41 Å². The van der Waals surface area contributed by atoms with Gasteiger partial charge in [-0.15, -0.1) is 0 Å². The number of alkyl halides is 3. The van der Waals surface area contributed by atoms with Crippen molar-refractivity contribution in [3.05, 3.63) is 23.8 Å². The minimum Gasteiger partial charge on any atom is -0.382 e. The second kappa shape index (κ2) is 3.90. The summed E-state index contributed by atoms with van der Waals surface area (Å²) >= 11 is 0. The first kappa shape index (κ1) is 12.7. The van der Waals surface area contributed by atoms with Crippen molar-refractivity contribution in [3.8, 4) is 0 Å². The molecule has 0 fully saturated rings. The predicted octanol–water partition coefficient (Wildman–Crippen LogP) is 3.10. The van der Waals surface area contributed by atoms with Crippen molar-refractivity contribution in [2.75, 3.05) is 17.2 Å². The fraction of sp³-hybridized carbons (Fsp3) is 0.417. The standard InChI is InChI=1S/C12H13F3N2O/c1-11(2)6-16-9-7(12(13,14)15)4-3-5-8(9)17-10(11)18/h3-5,16H,6H2,1-2H3,(H,17,18). The molecule has 1 aliphatic heterocycles. The average Bonchev–Trinajstić information content (AvgIpc) is 2.35. The molecule has 0 saturated carbocycles. The lowest BCUT2D eigenvalue weighted by Crippen LogP contribution is -2.34. The summed E-state index contributed by atoms with van der Waals surface area (Å²) in [6.45, 7) is 3.50. The number of carbonyl (C=O) groups is 1. The molecule has 0 aliphatic carbocycles. The second-order valence-electron chi connectivity index (χ2n) is 4.92. The van der Waals surface area contributed by atoms with Gasteiger partial charge in [-0.3, -0.25) is 4.79 Å². The van der Waals surface area contributed by atoms with Gasteiger partial charge in [0.15, 0.2) is 0 Å². The first-order chi connectivity index (χ1) is 8.22. The molecule has 1 amide bonds. The van der Waals surface area contributed by atoms with Crippen molar-refractivity contribution in [3.63, 3.8) is 0 Å². The van der Waals surface area contributed by atoms with E-state index in [1.54, 1.807) is 13.8 Å². The van der Waals surface area contributed by atoms with Gasteiger partial charge in [-0.1, -0.05) is 6.07 Å². The van der Waals surface area contributed by atoms with Crippen molar-refractivity contribution in [1.82, 2.24) is 0 Å². The van der Waals surface area contributed by atoms with Crippen LogP contribution in [0, 0.1) is 5.41 Å². The summed E-state index contributed by atoms with van der Waals surface area (Å²) in [4.78, 5) is 11.8. The highest BCUT2D eigenvalue weighted by Crippen LogP contribution is 2.40. The largest absolute Gasteiger partial charge is 0.418 e. The molecule has 0 atom stereocenters. The molecular formula is C12H13F3N2O. The second-order valence-corrected chi connectivity index (χ2v) is 4.92. The third-order valence-corrected chi connectivity index (χ3v) is 2.94. The van der Waals surface area contributed by atoms with Crippen LogP contribution in [0.25, 0.3) is 0 Å². The highest BCUT2D eigenvalue weighted by atomic mass is 19.4. The molecule has 0 spiro atoms. The maximum atomic E-state index is 12.8. The zero-order valence-corrected chi connectivity index (χ0v) is 9.98. The Labute approximate surface area is 102 Å². The van der Waals surface area contributed by atoms with Gasteiger partial charge in [0.1, 0.15) is 0 Å². The number of rotatable bonds is 0. The van der Waals surface area contributed by atoms with E-state index >= 15 is 0 Å². The van der Waals surface area contributed by atoms with E-state index in [9.17, 15) is 18.0 Å². The van der Waals surface area contributed by atoms with Crippen LogP contribution in [0.2, 0.25) is 0 Å². The van der Waals surface area contributed by atoms with Gasteiger partial charge < -0.3 is 10.6 Å². The van der Waals surface area contributed by atoms with E-state index in [0.717, 1.165) is 6.07 Å². The Morgan fingerprint density at radius 1 is 1.28 bits per heavy atom. The van der Waals surface area contributed by atoms with Crippen molar-refractivity contribution >= 4 is 17.3 Å². The number of hydrogen-bond donors (Lipinski definition) is 2. The van der Waals surface area contributed by atoms with Gasteiger partial charge >= 0.3 is 6.18 Å². The SMILES string of the molecule is CC1(C)CNc2c(cccc2C(F)(F)F)NC1=O. The van der Waals surface area contributed by atoms with Gasteiger partial charge in [-0.2, -0.15) is 13.2 Å². The highest BCUT2D eigenvalue weighted by molar-refractivity contribution is 6.00. The van der Waals surface area contributed by atoms with Gasteiger partial charge in [-0.25, -0.2) is 0 Å². The summed E-state index contributed by atoms with van der Waals surface area (Å²) in [6.07, 6.45) is -4.45. The molecule has 1 aliphatic rings. The molecule has 0 bridgehead atoms. The number of benzene rings is 1. The normalized spacial score (nSPS) is 18.4. The lowest BCUT2D eigenvalue weighted by atomic mass is 9.93. The van der Waals surface area contributed by atoms with Crippen LogP contribution in [0.15, 0.2) is 18.2 Å². The molecule has 1 heterocycles. The fourth-order valence-corrected chi connectivity index (χ4v) is 1.76. The first-order valence-electron chi connectivity index (χ1n) is 5.47. The summed E-state index contributed by atoms with van der Waals surface area (Å²) < 4.78 is 38.5. The minimum absolute atomic E-state index is 0.0658. The van der Waals surface area contributed by atoms with Gasteiger partial charge in [0, 0.05) is 6.54 Å². The van der Waals surface area contributed by atoms with Crippen LogP contribution in [0.1, 0.15) is 19.4 Å². The average molecular weight is 258 g/mol. The van der Waals surface area contributed by atoms with Gasteiger partial charge in [0.2, 0.25) is 5.91 Å². The van der Waals surface area contributed by atoms with Crippen LogP contribution in [-0.4, -0.2) is 12.5 Å². The Kier molecular flexibility index (Phi) is 2.76. The first-order valence-corrected chi connectivity index (χ1v) is 5.47. The van der Waals surface area contributed by atoms with Crippen LogP contribution in [-0.2, 0) is 11.0 Å². The molecule has 18 heavy (non-hydrogen) atoms. The van der Waals surface area contributed by atoms with E-state index in [4.69, 9.17) is 0 Å². The zero-order valence-electron chi connectivity index (χ0n) is 9.98. The predicted molar refractivity (Wildman–Crippen MR) is 62.3 cm³/mol. The molecule has 0 saturated heterocycles. The van der Waals surface area contributed by atoms with Crippen LogP contribution >= 0.6 is 0 Å². The number of nitrogens with one attached hydrogen (secondary N) is 2. The van der Waals surface area contributed by atoms with Crippen LogP contribution in [0.5, 0.6) is 0 Å². The number of fused-ring (bicyclic) bond motifs is 1. The molecule has 1 aromatic carbocycles. The maximum Gasteiger partial charge on any atom is 0.418 e. The number of hydrogen-bond acceptors (Lipinski definition) is 2. The molecule has 0 unspecified atom stereocenters. The Morgan fingerprint density at radius 3 is 2.56 bits per heavy atom. The topological polar surface area (TPSA) is 41.1 Å². The minimum atomic E-state index is -4.45. The van der Waals surface area contributed by atoms with E-state index in [0.29, 0.717) is 0 Å². The van der Waals surface area contributed by atoms with Gasteiger partial charge in [0.05, 0.1) is 22.4 Å². The van der Waals surface area contributed by atoms with Crippen LogP contribution in [0.4, 0.5) is 24.5 Å². The van der Waals surface area contributed by atoms with Gasteiger partial charge in [-0.05, 0) is 26.0 Å². The molecule has 98 valence electrons. The summed E-state index contributed by atoms with van der Waals surface area (Å²) in [5.74, 6) is -0.298. The molecule has 0 radical (unpaired) electrons. The fourth-order valence-electron chi connectivity index (χ4n) is 1.76. The maximum absolute atomic E-state index is 12.8.